The highest BCUT2D eigenvalue weighted by Crippen LogP contribution is 2.18. The molecule has 17 heavy (non-hydrogen) atoms. The smallest absolute Gasteiger partial charge is 0.329 e. The molecule has 96 valence electrons. The van der Waals surface area contributed by atoms with Crippen LogP contribution in [0.3, 0.4) is 0 Å². The summed E-state index contributed by atoms with van der Waals surface area (Å²) >= 11 is 0. The van der Waals surface area contributed by atoms with Gasteiger partial charge in [-0.2, -0.15) is 0 Å². The van der Waals surface area contributed by atoms with E-state index in [1.54, 1.807) is 12.5 Å². The first-order valence-electron chi connectivity index (χ1n) is 5.83. The third-order valence-electron chi connectivity index (χ3n) is 2.49. The van der Waals surface area contributed by atoms with Crippen LogP contribution in [-0.4, -0.2) is 28.7 Å². The molecule has 0 fully saturated rings. The van der Waals surface area contributed by atoms with E-state index in [4.69, 9.17) is 4.74 Å². The van der Waals surface area contributed by atoms with Gasteiger partial charge in [0, 0.05) is 12.1 Å². The number of rotatable bonds is 5. The Kier molecular flexibility index (Phi) is 4.69. The van der Waals surface area contributed by atoms with Crippen molar-refractivity contribution in [3.05, 3.63) is 18.2 Å². The maximum Gasteiger partial charge on any atom is 0.329 e. The van der Waals surface area contributed by atoms with Crippen molar-refractivity contribution in [2.75, 3.05) is 7.11 Å². The van der Waals surface area contributed by atoms with E-state index in [0.717, 1.165) is 5.69 Å². The highest BCUT2D eigenvalue weighted by molar-refractivity contribution is 5.77. The first-order valence-corrected chi connectivity index (χ1v) is 5.83. The van der Waals surface area contributed by atoms with Crippen LogP contribution in [-0.2, 0) is 9.53 Å². The van der Waals surface area contributed by atoms with Gasteiger partial charge in [-0.15, -0.1) is 0 Å². The van der Waals surface area contributed by atoms with E-state index in [2.05, 4.69) is 24.1 Å². The van der Waals surface area contributed by atoms with Gasteiger partial charge in [-0.1, -0.05) is 0 Å². The van der Waals surface area contributed by atoms with Crippen LogP contribution in [0.25, 0.3) is 0 Å². The number of hydrogen-bond donors (Lipinski definition) is 1. The van der Waals surface area contributed by atoms with Gasteiger partial charge in [-0.25, -0.2) is 9.78 Å². The second kappa shape index (κ2) is 5.82. The minimum Gasteiger partial charge on any atom is -0.468 e. The molecule has 0 spiro atoms. The number of carbonyl (C=O) groups is 1. The molecule has 0 aliphatic carbocycles. The number of nitrogens with zero attached hydrogens (tertiary/aromatic N) is 2. The summed E-state index contributed by atoms with van der Waals surface area (Å²) < 4.78 is 6.80. The Labute approximate surface area is 102 Å². The first kappa shape index (κ1) is 13.7. The second-order valence-corrected chi connectivity index (χ2v) is 4.60. The summed E-state index contributed by atoms with van der Waals surface area (Å²) in [6, 6.07) is -0.0202. The third kappa shape index (κ3) is 3.30. The van der Waals surface area contributed by atoms with Crippen molar-refractivity contribution in [3.8, 4) is 0 Å². The van der Waals surface area contributed by atoms with Gasteiger partial charge in [-0.3, -0.25) is 5.32 Å². The summed E-state index contributed by atoms with van der Waals surface area (Å²) in [6.07, 6.45) is 3.44. The summed E-state index contributed by atoms with van der Waals surface area (Å²) in [5, 5.41) is 3.19. The largest absolute Gasteiger partial charge is 0.468 e. The number of imidazole rings is 1. The van der Waals surface area contributed by atoms with Gasteiger partial charge in [0.2, 0.25) is 0 Å². The Balaban J connectivity index is 3.03. The molecule has 1 aromatic heterocycles. The molecule has 1 aromatic rings. The van der Waals surface area contributed by atoms with Crippen LogP contribution in [0.5, 0.6) is 0 Å². The SMILES string of the molecule is COC(=O)C(NC(C)C)c1cncn1C(C)C. The lowest BCUT2D eigenvalue weighted by molar-refractivity contribution is -0.143. The number of ether oxygens (including phenoxy) is 1. The van der Waals surface area contributed by atoms with E-state index in [1.807, 2.05) is 18.4 Å². The lowest BCUT2D eigenvalue weighted by Gasteiger charge is -2.21. The molecule has 0 aromatic carbocycles. The molecule has 0 saturated heterocycles. The van der Waals surface area contributed by atoms with Gasteiger partial charge in [0.1, 0.15) is 6.04 Å². The second-order valence-electron chi connectivity index (χ2n) is 4.60. The van der Waals surface area contributed by atoms with E-state index in [-0.39, 0.29) is 18.1 Å². The van der Waals surface area contributed by atoms with E-state index >= 15 is 0 Å². The van der Waals surface area contributed by atoms with Gasteiger partial charge in [-0.05, 0) is 27.7 Å². The summed E-state index contributed by atoms with van der Waals surface area (Å²) in [4.78, 5) is 15.9. The van der Waals surface area contributed by atoms with E-state index in [0.29, 0.717) is 0 Å². The quantitative estimate of drug-likeness (QED) is 0.794. The normalized spacial score (nSPS) is 13.1. The third-order valence-corrected chi connectivity index (χ3v) is 2.49. The average molecular weight is 239 g/mol. The molecule has 1 atom stereocenters. The summed E-state index contributed by atoms with van der Waals surface area (Å²) in [5.41, 5.74) is 0.834. The fraction of sp³-hybridized carbons (Fsp3) is 0.667. The van der Waals surface area contributed by atoms with Crippen molar-refractivity contribution in [2.45, 2.75) is 45.8 Å². The molecule has 1 rings (SSSR count). The van der Waals surface area contributed by atoms with Crippen molar-refractivity contribution in [3.63, 3.8) is 0 Å². The van der Waals surface area contributed by atoms with Gasteiger partial charge < -0.3 is 9.30 Å². The molecule has 1 unspecified atom stereocenters. The van der Waals surface area contributed by atoms with Crippen LogP contribution >= 0.6 is 0 Å². The van der Waals surface area contributed by atoms with Crippen LogP contribution in [0.2, 0.25) is 0 Å². The van der Waals surface area contributed by atoms with Crippen LogP contribution in [0.15, 0.2) is 12.5 Å². The van der Waals surface area contributed by atoms with E-state index in [1.165, 1.54) is 7.11 Å². The number of nitrogens with one attached hydrogen (secondary N) is 1. The Hall–Kier alpha value is -1.36. The van der Waals surface area contributed by atoms with Crippen molar-refractivity contribution >= 4 is 5.97 Å². The van der Waals surface area contributed by atoms with Crippen molar-refractivity contribution < 1.29 is 9.53 Å². The molecule has 0 amide bonds. The minimum atomic E-state index is -0.468. The summed E-state index contributed by atoms with van der Waals surface area (Å²) in [5.74, 6) is -0.291. The Morgan fingerprint density at radius 1 is 1.41 bits per heavy atom. The Morgan fingerprint density at radius 2 is 2.06 bits per heavy atom. The van der Waals surface area contributed by atoms with Crippen LogP contribution in [0.4, 0.5) is 0 Å². The average Bonchev–Trinajstić information content (AvgIpc) is 2.73. The molecule has 5 nitrogen and oxygen atoms in total. The molecule has 1 N–H and O–H groups in total. The highest BCUT2D eigenvalue weighted by Gasteiger charge is 2.25. The number of aromatic nitrogens is 2. The molecule has 5 heteroatoms. The number of hydrogen-bond acceptors (Lipinski definition) is 4. The van der Waals surface area contributed by atoms with Gasteiger partial charge >= 0.3 is 5.97 Å². The molecule has 0 aliphatic heterocycles. The topological polar surface area (TPSA) is 56.1 Å². The van der Waals surface area contributed by atoms with Crippen LogP contribution < -0.4 is 5.32 Å². The Morgan fingerprint density at radius 3 is 2.53 bits per heavy atom. The van der Waals surface area contributed by atoms with E-state index in [9.17, 15) is 4.79 Å². The summed E-state index contributed by atoms with van der Waals surface area (Å²) in [6.45, 7) is 8.09. The lowest BCUT2D eigenvalue weighted by Crippen LogP contribution is -2.36. The fourth-order valence-corrected chi connectivity index (χ4v) is 1.70. The Bertz CT molecular complexity index is 372. The predicted octanol–water partition coefficient (Wildman–Crippen LogP) is 1.68. The molecule has 0 aliphatic rings. The van der Waals surface area contributed by atoms with Crippen LogP contribution in [0, 0.1) is 0 Å². The fourth-order valence-electron chi connectivity index (χ4n) is 1.70. The minimum absolute atomic E-state index is 0.189. The first-order chi connectivity index (χ1) is 7.97. The molecule has 0 saturated carbocycles. The van der Waals surface area contributed by atoms with Gasteiger partial charge in [0.05, 0.1) is 25.3 Å². The van der Waals surface area contributed by atoms with Crippen molar-refractivity contribution in [2.24, 2.45) is 0 Å². The monoisotopic (exact) mass is 239 g/mol. The molecule has 0 radical (unpaired) electrons. The molecular weight excluding hydrogens is 218 g/mol. The number of methoxy groups -OCH3 is 1. The maximum absolute atomic E-state index is 11.8. The zero-order valence-corrected chi connectivity index (χ0v) is 11.1. The molecule has 1 heterocycles. The predicted molar refractivity (Wildman–Crippen MR) is 65.6 cm³/mol. The van der Waals surface area contributed by atoms with Gasteiger partial charge in [0.15, 0.2) is 0 Å². The number of carbonyl (C=O) groups excluding carboxylic acids is 1. The lowest BCUT2D eigenvalue weighted by atomic mass is 10.2. The van der Waals surface area contributed by atoms with Crippen molar-refractivity contribution in [1.29, 1.82) is 0 Å². The van der Waals surface area contributed by atoms with E-state index < -0.39 is 6.04 Å². The standard InChI is InChI=1S/C12H21N3O2/c1-8(2)14-11(12(16)17-5)10-6-13-7-15(10)9(3)4/h6-9,11,14H,1-5H3. The molecular formula is C12H21N3O2. The number of esters is 1. The maximum atomic E-state index is 11.8. The van der Waals surface area contributed by atoms with Gasteiger partial charge in [0.25, 0.3) is 0 Å². The molecule has 0 bridgehead atoms. The van der Waals surface area contributed by atoms with Crippen molar-refractivity contribution in [1.82, 2.24) is 14.9 Å². The zero-order chi connectivity index (χ0) is 13.0. The summed E-state index contributed by atoms with van der Waals surface area (Å²) in [7, 11) is 1.40. The van der Waals surface area contributed by atoms with Crippen LogP contribution in [0.1, 0.15) is 45.5 Å². The highest BCUT2D eigenvalue weighted by atomic mass is 16.5. The zero-order valence-electron chi connectivity index (χ0n) is 11.1.